The largest absolute Gasteiger partial charge is 0.478 e. The number of hydrogen-bond acceptors (Lipinski definition) is 4. The van der Waals surface area contributed by atoms with Crippen LogP contribution in [0.3, 0.4) is 0 Å². The van der Waals surface area contributed by atoms with E-state index < -0.39 is 5.97 Å². The first kappa shape index (κ1) is 12.9. The molecule has 0 spiro atoms. The maximum Gasteiger partial charge on any atom is 0.337 e. The lowest BCUT2D eigenvalue weighted by Gasteiger charge is -2.08. The summed E-state index contributed by atoms with van der Waals surface area (Å²) in [5.74, 6) is -0.246. The van der Waals surface area contributed by atoms with Crippen LogP contribution in [0.5, 0.6) is 0 Å². The van der Waals surface area contributed by atoms with Crippen molar-refractivity contribution in [3.05, 3.63) is 23.3 Å². The van der Waals surface area contributed by atoms with Gasteiger partial charge in [-0.3, -0.25) is 0 Å². The fraction of sp³-hybridized carbons (Fsp3) is 0.364. The lowest BCUT2D eigenvalue weighted by Crippen LogP contribution is -2.04. The molecule has 4 N–H and O–H groups in total. The zero-order valence-electron chi connectivity index (χ0n) is 9.06. The standard InChI is InChI=1S/C11H15NO3S/c1-7-5-8(16-4-2-3-13)6-9(10(7)12)11(14)15/h5-6,13H,2-4,12H2,1H3,(H,14,15). The molecule has 5 heteroatoms. The van der Waals surface area contributed by atoms with Crippen molar-refractivity contribution in [1.29, 1.82) is 0 Å². The number of anilines is 1. The van der Waals surface area contributed by atoms with Gasteiger partial charge in [-0.15, -0.1) is 11.8 Å². The van der Waals surface area contributed by atoms with Crippen LogP contribution in [0.25, 0.3) is 0 Å². The van der Waals surface area contributed by atoms with Crippen molar-refractivity contribution in [2.75, 3.05) is 18.1 Å². The van der Waals surface area contributed by atoms with Gasteiger partial charge in [0.1, 0.15) is 0 Å². The van der Waals surface area contributed by atoms with Gasteiger partial charge in [0.2, 0.25) is 0 Å². The highest BCUT2D eigenvalue weighted by Gasteiger charge is 2.11. The highest BCUT2D eigenvalue weighted by Crippen LogP contribution is 2.26. The summed E-state index contributed by atoms with van der Waals surface area (Å²) in [6.45, 7) is 1.94. The number of carboxylic acids is 1. The molecular weight excluding hydrogens is 226 g/mol. The summed E-state index contributed by atoms with van der Waals surface area (Å²) >= 11 is 1.52. The smallest absolute Gasteiger partial charge is 0.337 e. The van der Waals surface area contributed by atoms with Crippen LogP contribution in [-0.2, 0) is 0 Å². The van der Waals surface area contributed by atoms with Gasteiger partial charge in [0, 0.05) is 22.9 Å². The summed E-state index contributed by atoms with van der Waals surface area (Å²) in [6.07, 6.45) is 0.691. The molecule has 4 nitrogen and oxygen atoms in total. The summed E-state index contributed by atoms with van der Waals surface area (Å²) in [7, 11) is 0. The minimum absolute atomic E-state index is 0.145. The van der Waals surface area contributed by atoms with E-state index in [0.717, 1.165) is 16.2 Å². The Hall–Kier alpha value is -1.20. The quantitative estimate of drug-likeness (QED) is 0.415. The van der Waals surface area contributed by atoms with E-state index in [1.807, 2.05) is 6.07 Å². The van der Waals surface area contributed by atoms with Crippen LogP contribution in [0.2, 0.25) is 0 Å². The number of aliphatic hydroxyl groups is 1. The molecule has 0 aliphatic rings. The van der Waals surface area contributed by atoms with Crippen molar-refractivity contribution >= 4 is 23.4 Å². The third kappa shape index (κ3) is 3.15. The average molecular weight is 241 g/mol. The Morgan fingerprint density at radius 3 is 2.75 bits per heavy atom. The Morgan fingerprint density at radius 2 is 2.19 bits per heavy atom. The van der Waals surface area contributed by atoms with Crippen LogP contribution in [0.15, 0.2) is 17.0 Å². The Labute approximate surface area is 98.5 Å². The summed E-state index contributed by atoms with van der Waals surface area (Å²) in [5, 5.41) is 17.6. The molecule has 0 bridgehead atoms. The number of aliphatic hydroxyl groups excluding tert-OH is 1. The molecule has 0 aliphatic heterocycles. The van der Waals surface area contributed by atoms with Crippen LogP contribution >= 0.6 is 11.8 Å². The predicted molar refractivity (Wildman–Crippen MR) is 65.0 cm³/mol. The molecule has 0 aliphatic carbocycles. The van der Waals surface area contributed by atoms with Crippen molar-refractivity contribution in [3.63, 3.8) is 0 Å². The Kier molecular flexibility index (Phi) is 4.64. The molecule has 0 saturated carbocycles. The summed E-state index contributed by atoms with van der Waals surface area (Å²) in [5.41, 5.74) is 6.91. The van der Waals surface area contributed by atoms with Gasteiger partial charge in [-0.25, -0.2) is 4.79 Å². The number of thioether (sulfide) groups is 1. The first-order chi connectivity index (χ1) is 7.56. The number of carboxylic acid groups (broad SMARTS) is 1. The number of aryl methyl sites for hydroxylation is 1. The number of nitrogens with two attached hydrogens (primary N) is 1. The van der Waals surface area contributed by atoms with Crippen LogP contribution in [0, 0.1) is 6.92 Å². The number of benzene rings is 1. The second-order valence-electron chi connectivity index (χ2n) is 3.43. The Balaban J connectivity index is 2.91. The molecule has 1 rings (SSSR count). The Bertz CT molecular complexity index is 393. The van der Waals surface area contributed by atoms with Crippen molar-refractivity contribution in [3.8, 4) is 0 Å². The monoisotopic (exact) mass is 241 g/mol. The van der Waals surface area contributed by atoms with E-state index in [1.54, 1.807) is 13.0 Å². The van der Waals surface area contributed by atoms with Crippen LogP contribution < -0.4 is 5.73 Å². The van der Waals surface area contributed by atoms with Gasteiger partial charge >= 0.3 is 5.97 Å². The molecule has 0 fully saturated rings. The van der Waals surface area contributed by atoms with Gasteiger partial charge in [-0.05, 0) is 31.0 Å². The molecule has 88 valence electrons. The fourth-order valence-electron chi connectivity index (χ4n) is 1.28. The Morgan fingerprint density at radius 1 is 1.50 bits per heavy atom. The average Bonchev–Trinajstić information content (AvgIpc) is 2.23. The van der Waals surface area contributed by atoms with Gasteiger partial charge in [0.25, 0.3) is 0 Å². The van der Waals surface area contributed by atoms with Crippen molar-refractivity contribution in [2.45, 2.75) is 18.2 Å². The second kappa shape index (κ2) is 5.77. The second-order valence-corrected chi connectivity index (χ2v) is 4.60. The molecule has 0 radical (unpaired) electrons. The predicted octanol–water partition coefficient (Wildman–Crippen LogP) is 1.75. The van der Waals surface area contributed by atoms with Crippen molar-refractivity contribution < 1.29 is 15.0 Å². The molecule has 0 saturated heterocycles. The first-order valence-electron chi connectivity index (χ1n) is 4.93. The maximum atomic E-state index is 10.9. The number of nitrogen functional groups attached to an aromatic ring is 1. The molecule has 0 unspecified atom stereocenters. The minimum Gasteiger partial charge on any atom is -0.478 e. The molecule has 1 aromatic rings. The van der Waals surface area contributed by atoms with E-state index >= 15 is 0 Å². The number of hydrogen-bond donors (Lipinski definition) is 3. The zero-order valence-corrected chi connectivity index (χ0v) is 9.88. The molecule has 0 aromatic heterocycles. The highest BCUT2D eigenvalue weighted by molar-refractivity contribution is 7.99. The number of rotatable bonds is 5. The lowest BCUT2D eigenvalue weighted by atomic mass is 10.1. The molecule has 16 heavy (non-hydrogen) atoms. The topological polar surface area (TPSA) is 83.5 Å². The fourth-order valence-corrected chi connectivity index (χ4v) is 2.25. The SMILES string of the molecule is Cc1cc(SCCCO)cc(C(=O)O)c1N. The molecule has 0 amide bonds. The van der Waals surface area contributed by atoms with E-state index in [0.29, 0.717) is 12.1 Å². The maximum absolute atomic E-state index is 10.9. The molecule has 1 aromatic carbocycles. The van der Waals surface area contributed by atoms with Crippen LogP contribution in [0.4, 0.5) is 5.69 Å². The van der Waals surface area contributed by atoms with Gasteiger partial charge in [-0.1, -0.05) is 0 Å². The van der Waals surface area contributed by atoms with Gasteiger partial charge in [-0.2, -0.15) is 0 Å². The van der Waals surface area contributed by atoms with Gasteiger partial charge < -0.3 is 15.9 Å². The van der Waals surface area contributed by atoms with E-state index in [9.17, 15) is 4.79 Å². The highest BCUT2D eigenvalue weighted by atomic mass is 32.2. The summed E-state index contributed by atoms with van der Waals surface area (Å²) in [4.78, 5) is 11.8. The van der Waals surface area contributed by atoms with Crippen LogP contribution in [0.1, 0.15) is 22.3 Å². The van der Waals surface area contributed by atoms with Gasteiger partial charge in [0.05, 0.1) is 5.56 Å². The first-order valence-corrected chi connectivity index (χ1v) is 5.92. The minimum atomic E-state index is -1.01. The lowest BCUT2D eigenvalue weighted by molar-refractivity contribution is 0.0697. The summed E-state index contributed by atoms with van der Waals surface area (Å²) in [6, 6.07) is 3.44. The van der Waals surface area contributed by atoms with E-state index in [1.165, 1.54) is 11.8 Å². The third-order valence-electron chi connectivity index (χ3n) is 2.16. The number of carbonyl (C=O) groups is 1. The molecule has 0 atom stereocenters. The number of aromatic carboxylic acids is 1. The van der Waals surface area contributed by atoms with E-state index in [2.05, 4.69) is 0 Å². The van der Waals surface area contributed by atoms with Crippen LogP contribution in [-0.4, -0.2) is 28.5 Å². The third-order valence-corrected chi connectivity index (χ3v) is 3.22. The molecular formula is C11H15NO3S. The summed E-state index contributed by atoms with van der Waals surface area (Å²) < 4.78 is 0. The molecule has 0 heterocycles. The van der Waals surface area contributed by atoms with Crippen molar-refractivity contribution in [2.24, 2.45) is 0 Å². The van der Waals surface area contributed by atoms with E-state index in [4.69, 9.17) is 15.9 Å². The zero-order chi connectivity index (χ0) is 12.1. The van der Waals surface area contributed by atoms with Gasteiger partial charge in [0.15, 0.2) is 0 Å². The normalized spacial score (nSPS) is 10.4. The van der Waals surface area contributed by atoms with E-state index in [-0.39, 0.29) is 12.2 Å². The van der Waals surface area contributed by atoms with Crippen molar-refractivity contribution in [1.82, 2.24) is 0 Å².